The van der Waals surface area contributed by atoms with Gasteiger partial charge in [0.2, 0.25) is 5.52 Å². The highest BCUT2D eigenvalue weighted by Gasteiger charge is 2.20. The number of hydrogen-bond donors (Lipinski definition) is 0. The zero-order chi connectivity index (χ0) is 13.1. The summed E-state index contributed by atoms with van der Waals surface area (Å²) < 4.78 is 4.62. The molecule has 1 aromatic heterocycles. The number of rotatable bonds is 5. The quantitative estimate of drug-likeness (QED) is 0.598. The second kappa shape index (κ2) is 4.99. The van der Waals surface area contributed by atoms with E-state index in [9.17, 15) is 10.1 Å². The number of nitrogens with zero attached hydrogens (tertiary/aromatic N) is 4. The Morgan fingerprint density at radius 3 is 2.78 bits per heavy atom. The van der Waals surface area contributed by atoms with E-state index in [1.165, 1.54) is 6.07 Å². The first-order valence-electron chi connectivity index (χ1n) is 5.76. The fourth-order valence-electron chi connectivity index (χ4n) is 1.81. The van der Waals surface area contributed by atoms with E-state index in [0.717, 1.165) is 25.1 Å². The highest BCUT2D eigenvalue weighted by molar-refractivity contribution is 5.93. The van der Waals surface area contributed by atoms with E-state index < -0.39 is 4.92 Å². The molecule has 0 aliphatic carbocycles. The van der Waals surface area contributed by atoms with Gasteiger partial charge in [-0.1, -0.05) is 13.3 Å². The van der Waals surface area contributed by atoms with Gasteiger partial charge >= 0.3 is 5.69 Å². The van der Waals surface area contributed by atoms with E-state index >= 15 is 0 Å². The Balaban J connectivity index is 2.44. The van der Waals surface area contributed by atoms with Gasteiger partial charge in [-0.05, 0) is 22.8 Å². The molecule has 0 aliphatic heterocycles. The minimum absolute atomic E-state index is 0.0844. The molecule has 7 nitrogen and oxygen atoms in total. The molecular weight excluding hydrogens is 236 g/mol. The molecule has 0 radical (unpaired) electrons. The highest BCUT2D eigenvalue weighted by atomic mass is 16.6. The average molecular weight is 250 g/mol. The topological polar surface area (TPSA) is 85.3 Å². The van der Waals surface area contributed by atoms with Crippen LogP contribution in [-0.4, -0.2) is 28.8 Å². The van der Waals surface area contributed by atoms with Crippen molar-refractivity contribution in [1.29, 1.82) is 0 Å². The SMILES string of the molecule is CCCCN(C)c1ccc([N+](=O)[O-])c2nonc12. The summed E-state index contributed by atoms with van der Waals surface area (Å²) in [7, 11) is 1.92. The van der Waals surface area contributed by atoms with E-state index in [1.54, 1.807) is 6.07 Å². The first-order valence-corrected chi connectivity index (χ1v) is 5.76. The normalized spacial score (nSPS) is 10.8. The molecule has 18 heavy (non-hydrogen) atoms. The van der Waals surface area contributed by atoms with Crippen LogP contribution in [0.5, 0.6) is 0 Å². The monoisotopic (exact) mass is 250 g/mol. The second-order valence-electron chi connectivity index (χ2n) is 4.10. The molecule has 0 atom stereocenters. The minimum atomic E-state index is -0.484. The van der Waals surface area contributed by atoms with Crippen LogP contribution in [0.15, 0.2) is 16.8 Å². The maximum atomic E-state index is 10.8. The van der Waals surface area contributed by atoms with E-state index in [-0.39, 0.29) is 11.2 Å². The van der Waals surface area contributed by atoms with Gasteiger partial charge in [-0.15, -0.1) is 0 Å². The maximum Gasteiger partial charge on any atom is 0.300 e. The van der Waals surface area contributed by atoms with Crippen molar-refractivity contribution in [1.82, 2.24) is 10.3 Å². The van der Waals surface area contributed by atoms with Crippen LogP contribution in [-0.2, 0) is 0 Å². The Bertz CT molecular complexity index is 566. The molecule has 0 amide bonds. The Kier molecular flexibility index (Phi) is 3.40. The number of anilines is 1. The van der Waals surface area contributed by atoms with Gasteiger partial charge in [-0.25, -0.2) is 4.63 Å². The summed E-state index contributed by atoms with van der Waals surface area (Å²) in [5.41, 5.74) is 1.34. The smallest absolute Gasteiger partial charge is 0.300 e. The molecule has 0 fully saturated rings. The van der Waals surface area contributed by atoms with Gasteiger partial charge in [0.1, 0.15) is 0 Å². The van der Waals surface area contributed by atoms with Crippen LogP contribution in [0.4, 0.5) is 11.4 Å². The number of nitro benzene ring substituents is 1. The maximum absolute atomic E-state index is 10.8. The summed E-state index contributed by atoms with van der Waals surface area (Å²) in [6.45, 7) is 2.97. The van der Waals surface area contributed by atoms with Crippen LogP contribution >= 0.6 is 0 Å². The summed E-state index contributed by atoms with van der Waals surface area (Å²) >= 11 is 0. The number of aromatic nitrogens is 2. The predicted molar refractivity (Wildman–Crippen MR) is 66.6 cm³/mol. The lowest BCUT2D eigenvalue weighted by Gasteiger charge is -2.18. The lowest BCUT2D eigenvalue weighted by molar-refractivity contribution is -0.383. The van der Waals surface area contributed by atoms with Crippen molar-refractivity contribution >= 4 is 22.4 Å². The largest absolute Gasteiger partial charge is 0.373 e. The number of unbranched alkanes of at least 4 members (excludes halogenated alkanes) is 1. The van der Waals surface area contributed by atoms with Gasteiger partial charge < -0.3 is 4.90 Å². The molecule has 7 heteroatoms. The van der Waals surface area contributed by atoms with Crippen molar-refractivity contribution < 1.29 is 9.55 Å². The molecule has 0 unspecified atom stereocenters. The Morgan fingerprint density at radius 1 is 1.39 bits per heavy atom. The minimum Gasteiger partial charge on any atom is -0.373 e. The van der Waals surface area contributed by atoms with E-state index in [1.807, 2.05) is 11.9 Å². The predicted octanol–water partition coefficient (Wildman–Crippen LogP) is 2.37. The first-order chi connectivity index (χ1) is 8.65. The van der Waals surface area contributed by atoms with Gasteiger partial charge in [0.05, 0.1) is 10.6 Å². The molecule has 1 heterocycles. The first kappa shape index (κ1) is 12.3. The lowest BCUT2D eigenvalue weighted by atomic mass is 10.2. The molecule has 2 rings (SSSR count). The van der Waals surface area contributed by atoms with Crippen LogP contribution in [0.3, 0.4) is 0 Å². The van der Waals surface area contributed by atoms with Gasteiger partial charge in [-0.2, -0.15) is 0 Å². The number of non-ortho nitro benzene ring substituents is 1. The van der Waals surface area contributed by atoms with Gasteiger partial charge in [0.15, 0.2) is 5.52 Å². The average Bonchev–Trinajstić information content (AvgIpc) is 2.83. The molecule has 2 aromatic rings. The summed E-state index contributed by atoms with van der Waals surface area (Å²) in [6, 6.07) is 3.12. The zero-order valence-corrected chi connectivity index (χ0v) is 10.3. The molecule has 96 valence electrons. The molecule has 0 N–H and O–H groups in total. The molecule has 0 saturated heterocycles. The fourth-order valence-corrected chi connectivity index (χ4v) is 1.81. The van der Waals surface area contributed by atoms with E-state index in [4.69, 9.17) is 0 Å². The summed E-state index contributed by atoms with van der Waals surface area (Å²) in [6.07, 6.45) is 2.12. The van der Waals surface area contributed by atoms with Crippen LogP contribution < -0.4 is 4.90 Å². The molecule has 0 bridgehead atoms. The van der Waals surface area contributed by atoms with E-state index in [2.05, 4.69) is 21.9 Å². The number of benzene rings is 1. The number of hydrogen-bond acceptors (Lipinski definition) is 6. The van der Waals surface area contributed by atoms with Gasteiger partial charge in [-0.3, -0.25) is 10.1 Å². The zero-order valence-electron chi connectivity index (χ0n) is 10.3. The molecular formula is C11H14N4O3. The third-order valence-corrected chi connectivity index (χ3v) is 2.83. The molecule has 0 saturated carbocycles. The van der Waals surface area contributed by atoms with Crippen LogP contribution in [0, 0.1) is 10.1 Å². The van der Waals surface area contributed by atoms with E-state index in [0.29, 0.717) is 5.52 Å². The van der Waals surface area contributed by atoms with Gasteiger partial charge in [0.25, 0.3) is 0 Å². The van der Waals surface area contributed by atoms with Crippen molar-refractivity contribution in [2.75, 3.05) is 18.5 Å². The molecule has 0 spiro atoms. The molecule has 1 aromatic carbocycles. The highest BCUT2D eigenvalue weighted by Crippen LogP contribution is 2.30. The van der Waals surface area contributed by atoms with Crippen molar-refractivity contribution in [3.63, 3.8) is 0 Å². The van der Waals surface area contributed by atoms with Crippen molar-refractivity contribution in [2.24, 2.45) is 0 Å². The Hall–Kier alpha value is -2.18. The second-order valence-corrected chi connectivity index (χ2v) is 4.10. The third kappa shape index (κ3) is 2.11. The lowest BCUT2D eigenvalue weighted by Crippen LogP contribution is -2.18. The van der Waals surface area contributed by atoms with Crippen LogP contribution in [0.2, 0.25) is 0 Å². The summed E-state index contributed by atoms with van der Waals surface area (Å²) in [5, 5.41) is 18.2. The standard InChI is InChI=1S/C11H14N4O3/c1-3-4-7-14(2)8-5-6-9(15(16)17)11-10(8)12-18-13-11/h5-6H,3-4,7H2,1-2H3. The Labute approximate surface area is 103 Å². The van der Waals surface area contributed by atoms with Crippen molar-refractivity contribution in [2.45, 2.75) is 19.8 Å². The van der Waals surface area contributed by atoms with Crippen LogP contribution in [0.1, 0.15) is 19.8 Å². The van der Waals surface area contributed by atoms with Crippen molar-refractivity contribution in [3.8, 4) is 0 Å². The summed E-state index contributed by atoms with van der Waals surface area (Å²) in [5.74, 6) is 0. The van der Waals surface area contributed by atoms with Crippen molar-refractivity contribution in [3.05, 3.63) is 22.2 Å². The Morgan fingerprint density at radius 2 is 2.11 bits per heavy atom. The molecule has 0 aliphatic rings. The third-order valence-electron chi connectivity index (χ3n) is 2.83. The number of fused-ring (bicyclic) bond motifs is 1. The number of nitro groups is 1. The van der Waals surface area contributed by atoms with Crippen LogP contribution in [0.25, 0.3) is 11.0 Å². The fraction of sp³-hybridized carbons (Fsp3) is 0.455. The van der Waals surface area contributed by atoms with Gasteiger partial charge in [0, 0.05) is 19.7 Å². The summed E-state index contributed by atoms with van der Waals surface area (Å²) in [4.78, 5) is 12.4.